The summed E-state index contributed by atoms with van der Waals surface area (Å²) in [5, 5.41) is 3.72. The quantitative estimate of drug-likeness (QED) is 0.695. The highest BCUT2D eigenvalue weighted by Crippen LogP contribution is 2.42. The Balaban J connectivity index is 2.19. The van der Waals surface area contributed by atoms with Gasteiger partial charge in [0.2, 0.25) is 0 Å². The van der Waals surface area contributed by atoms with Crippen LogP contribution in [0.4, 0.5) is 4.39 Å². The lowest BCUT2D eigenvalue weighted by Gasteiger charge is -2.16. The molecular formula is C17H17FN4O2S. The monoisotopic (exact) mass is 360 g/mol. The Morgan fingerprint density at radius 1 is 1.32 bits per heavy atom. The number of aromatic nitrogens is 2. The van der Waals surface area contributed by atoms with Crippen molar-refractivity contribution in [3.63, 3.8) is 0 Å². The van der Waals surface area contributed by atoms with Gasteiger partial charge in [0, 0.05) is 23.2 Å². The van der Waals surface area contributed by atoms with E-state index in [4.69, 9.17) is 11.6 Å². The number of nitrogen functional groups attached to an aromatic ring is 1. The summed E-state index contributed by atoms with van der Waals surface area (Å²) >= 11 is 1.44. The van der Waals surface area contributed by atoms with E-state index in [0.29, 0.717) is 32.4 Å². The fourth-order valence-corrected chi connectivity index (χ4v) is 4.27. The van der Waals surface area contributed by atoms with E-state index in [-0.39, 0.29) is 12.5 Å². The van der Waals surface area contributed by atoms with Crippen molar-refractivity contribution in [2.75, 3.05) is 5.84 Å². The van der Waals surface area contributed by atoms with Gasteiger partial charge < -0.3 is 11.6 Å². The molecule has 130 valence electrons. The smallest absolute Gasteiger partial charge is 0.332 e. The van der Waals surface area contributed by atoms with E-state index in [0.717, 1.165) is 29.0 Å². The summed E-state index contributed by atoms with van der Waals surface area (Å²) in [6.07, 6.45) is 2.84. The molecule has 0 saturated heterocycles. The standard InChI is InChI=1S/C17H17FN4O2S/c1-8-13(11-7-25-6-10(11)4-19)12(18)5-21-15(8)14(9-2-3-9)16(23)22(20)17(21)24/h5-7,9H,2-4,19-20H2,1H3. The molecule has 3 aromatic heterocycles. The molecule has 0 radical (unpaired) electrons. The highest BCUT2D eigenvalue weighted by Gasteiger charge is 2.32. The molecule has 0 aliphatic heterocycles. The number of thiophene rings is 1. The minimum Gasteiger partial charge on any atom is -0.332 e. The molecule has 0 aromatic carbocycles. The summed E-state index contributed by atoms with van der Waals surface area (Å²) in [5.41, 5.74) is 7.95. The third-order valence-corrected chi connectivity index (χ3v) is 5.58. The summed E-state index contributed by atoms with van der Waals surface area (Å²) in [6, 6.07) is 0. The van der Waals surface area contributed by atoms with E-state index >= 15 is 0 Å². The topological polar surface area (TPSA) is 95.5 Å². The molecule has 0 amide bonds. The predicted molar refractivity (Wildman–Crippen MR) is 96.0 cm³/mol. The minimum absolute atomic E-state index is 0.0614. The number of halogens is 1. The van der Waals surface area contributed by atoms with Gasteiger partial charge in [-0.05, 0) is 47.6 Å². The lowest BCUT2D eigenvalue weighted by molar-refractivity contribution is 0.615. The summed E-state index contributed by atoms with van der Waals surface area (Å²) in [5.74, 6) is 5.15. The van der Waals surface area contributed by atoms with Crippen molar-refractivity contribution in [2.45, 2.75) is 32.2 Å². The van der Waals surface area contributed by atoms with E-state index in [1.54, 1.807) is 6.92 Å². The van der Waals surface area contributed by atoms with Crippen molar-refractivity contribution in [3.05, 3.63) is 60.3 Å². The van der Waals surface area contributed by atoms with Crippen LogP contribution in [-0.2, 0) is 6.54 Å². The zero-order valence-electron chi connectivity index (χ0n) is 13.6. The van der Waals surface area contributed by atoms with Gasteiger partial charge in [0.25, 0.3) is 5.56 Å². The maximum absolute atomic E-state index is 14.9. The fraction of sp³-hybridized carbons (Fsp3) is 0.294. The van der Waals surface area contributed by atoms with Crippen molar-refractivity contribution >= 4 is 16.9 Å². The van der Waals surface area contributed by atoms with E-state index in [1.165, 1.54) is 11.3 Å². The molecule has 0 bridgehead atoms. The van der Waals surface area contributed by atoms with Crippen LogP contribution in [0.25, 0.3) is 16.6 Å². The zero-order chi connectivity index (χ0) is 17.9. The number of aryl methyl sites for hydroxylation is 1. The molecular weight excluding hydrogens is 343 g/mol. The minimum atomic E-state index is -0.748. The first kappa shape index (κ1) is 16.0. The second kappa shape index (κ2) is 5.53. The van der Waals surface area contributed by atoms with Crippen LogP contribution in [0.5, 0.6) is 0 Å². The molecule has 0 spiro atoms. The third-order valence-electron chi connectivity index (χ3n) is 4.79. The average molecular weight is 360 g/mol. The second-order valence-electron chi connectivity index (χ2n) is 6.36. The highest BCUT2D eigenvalue weighted by molar-refractivity contribution is 7.08. The summed E-state index contributed by atoms with van der Waals surface area (Å²) < 4.78 is 16.6. The van der Waals surface area contributed by atoms with Crippen LogP contribution in [0.2, 0.25) is 0 Å². The van der Waals surface area contributed by atoms with E-state index in [1.807, 2.05) is 10.8 Å². The number of hydrogen-bond donors (Lipinski definition) is 2. The number of hydrogen-bond acceptors (Lipinski definition) is 5. The number of rotatable bonds is 3. The van der Waals surface area contributed by atoms with Crippen LogP contribution in [0.3, 0.4) is 0 Å². The van der Waals surface area contributed by atoms with Crippen LogP contribution in [0, 0.1) is 12.7 Å². The van der Waals surface area contributed by atoms with Crippen molar-refractivity contribution in [1.29, 1.82) is 0 Å². The van der Waals surface area contributed by atoms with Crippen LogP contribution in [0.15, 0.2) is 26.5 Å². The van der Waals surface area contributed by atoms with Gasteiger partial charge in [-0.1, -0.05) is 0 Å². The second-order valence-corrected chi connectivity index (χ2v) is 7.10. The molecule has 0 atom stereocenters. The van der Waals surface area contributed by atoms with Crippen molar-refractivity contribution in [3.8, 4) is 11.1 Å². The Hall–Kier alpha value is -2.45. The first-order chi connectivity index (χ1) is 12.0. The molecule has 1 fully saturated rings. The maximum Gasteiger partial charge on any atom is 0.354 e. The Morgan fingerprint density at radius 3 is 2.68 bits per heavy atom. The highest BCUT2D eigenvalue weighted by atomic mass is 32.1. The molecule has 8 heteroatoms. The number of nitrogens with zero attached hydrogens (tertiary/aromatic N) is 2. The van der Waals surface area contributed by atoms with Crippen molar-refractivity contribution < 1.29 is 4.39 Å². The molecule has 6 nitrogen and oxygen atoms in total. The lowest BCUT2D eigenvalue weighted by atomic mass is 9.97. The van der Waals surface area contributed by atoms with Gasteiger partial charge in [-0.15, -0.1) is 0 Å². The van der Waals surface area contributed by atoms with Crippen LogP contribution in [-0.4, -0.2) is 9.08 Å². The molecule has 1 saturated carbocycles. The molecule has 25 heavy (non-hydrogen) atoms. The predicted octanol–water partition coefficient (Wildman–Crippen LogP) is 1.69. The number of nitrogens with two attached hydrogens (primary N) is 2. The van der Waals surface area contributed by atoms with Crippen LogP contribution < -0.4 is 22.8 Å². The number of pyridine rings is 1. The van der Waals surface area contributed by atoms with Crippen molar-refractivity contribution in [1.82, 2.24) is 9.08 Å². The molecule has 1 aliphatic carbocycles. The van der Waals surface area contributed by atoms with Gasteiger partial charge in [-0.3, -0.25) is 9.20 Å². The SMILES string of the molecule is Cc1c(-c2cscc2CN)c(F)cn2c(=O)n(N)c(=O)c(C3CC3)c12. The fourth-order valence-electron chi connectivity index (χ4n) is 3.41. The number of fused-ring (bicyclic) bond motifs is 1. The van der Waals surface area contributed by atoms with Gasteiger partial charge in [-0.25, -0.2) is 9.18 Å². The summed E-state index contributed by atoms with van der Waals surface area (Å²) in [4.78, 5) is 24.9. The lowest BCUT2D eigenvalue weighted by Crippen LogP contribution is -2.44. The molecule has 3 aromatic rings. The Morgan fingerprint density at radius 2 is 2.04 bits per heavy atom. The van der Waals surface area contributed by atoms with Gasteiger partial charge in [0.05, 0.1) is 11.7 Å². The van der Waals surface area contributed by atoms with Crippen LogP contribution in [0.1, 0.15) is 35.4 Å². The van der Waals surface area contributed by atoms with Crippen LogP contribution >= 0.6 is 11.3 Å². The zero-order valence-corrected chi connectivity index (χ0v) is 14.4. The van der Waals surface area contributed by atoms with Crippen molar-refractivity contribution in [2.24, 2.45) is 5.73 Å². The van der Waals surface area contributed by atoms with E-state index in [2.05, 4.69) is 0 Å². The molecule has 0 unspecified atom stereocenters. The Kier molecular flexibility index (Phi) is 3.55. The summed E-state index contributed by atoms with van der Waals surface area (Å²) in [6.45, 7) is 2.02. The first-order valence-electron chi connectivity index (χ1n) is 7.96. The maximum atomic E-state index is 14.9. The van der Waals surface area contributed by atoms with E-state index < -0.39 is 17.1 Å². The molecule has 4 rings (SSSR count). The average Bonchev–Trinajstić information content (AvgIpc) is 3.32. The van der Waals surface area contributed by atoms with Gasteiger partial charge in [-0.2, -0.15) is 16.0 Å². The summed E-state index contributed by atoms with van der Waals surface area (Å²) in [7, 11) is 0. The van der Waals surface area contributed by atoms with E-state index in [9.17, 15) is 14.0 Å². The first-order valence-corrected chi connectivity index (χ1v) is 8.91. The normalized spacial score (nSPS) is 14.4. The largest absolute Gasteiger partial charge is 0.354 e. The van der Waals surface area contributed by atoms with Gasteiger partial charge >= 0.3 is 5.69 Å². The molecule has 3 heterocycles. The molecule has 1 aliphatic rings. The Bertz CT molecular complexity index is 1120. The molecule has 4 N–H and O–H groups in total. The Labute approximate surface area is 146 Å². The van der Waals surface area contributed by atoms with Gasteiger partial charge in [0.15, 0.2) is 0 Å². The van der Waals surface area contributed by atoms with Gasteiger partial charge in [0.1, 0.15) is 5.82 Å². The third kappa shape index (κ3) is 2.25.